The molecule has 0 amide bonds. The minimum absolute atomic E-state index is 0.320. The zero-order valence-electron chi connectivity index (χ0n) is 8.91. The number of carbonyl (C=O) groups is 2. The average Bonchev–Trinajstić information content (AvgIpc) is 2.62. The summed E-state index contributed by atoms with van der Waals surface area (Å²) in [6, 6.07) is 1.77. The quantitative estimate of drug-likeness (QED) is 0.572. The highest BCUT2D eigenvalue weighted by atomic mass is 32.1. The number of thiophene rings is 1. The Morgan fingerprint density at radius 3 is 2.80 bits per heavy atom. The zero-order chi connectivity index (χ0) is 11.3. The molecule has 0 atom stereocenters. The first-order valence-corrected chi connectivity index (χ1v) is 5.79. The van der Waals surface area contributed by atoms with Crippen molar-refractivity contribution in [3.63, 3.8) is 0 Å². The summed E-state index contributed by atoms with van der Waals surface area (Å²) in [7, 11) is 0. The van der Waals surface area contributed by atoms with Crippen LogP contribution >= 0.6 is 11.3 Å². The smallest absolute Gasteiger partial charge is 0.348 e. The van der Waals surface area contributed by atoms with Gasteiger partial charge in [-0.25, -0.2) is 4.79 Å². The normalized spacial score (nSPS) is 10.0. The number of carbonyl (C=O) groups excluding carboxylic acids is 2. The highest BCUT2D eigenvalue weighted by molar-refractivity contribution is 7.15. The second-order valence-electron chi connectivity index (χ2n) is 3.09. The molecule has 1 aromatic heterocycles. The molecule has 1 aromatic rings. The molecule has 0 N–H and O–H groups in total. The van der Waals surface area contributed by atoms with Crippen LogP contribution in [0.1, 0.15) is 45.2 Å². The van der Waals surface area contributed by atoms with Crippen LogP contribution in [0.4, 0.5) is 0 Å². The lowest BCUT2D eigenvalue weighted by Crippen LogP contribution is -2.04. The van der Waals surface area contributed by atoms with Crippen LogP contribution in [-0.2, 0) is 11.2 Å². The lowest BCUT2D eigenvalue weighted by atomic mass is 10.1. The van der Waals surface area contributed by atoms with Crippen molar-refractivity contribution in [2.45, 2.75) is 26.7 Å². The number of rotatable bonds is 5. The van der Waals surface area contributed by atoms with E-state index in [-0.39, 0.29) is 5.97 Å². The van der Waals surface area contributed by atoms with Crippen molar-refractivity contribution in [1.82, 2.24) is 0 Å². The molecule has 15 heavy (non-hydrogen) atoms. The first-order chi connectivity index (χ1) is 7.22. The highest BCUT2D eigenvalue weighted by Gasteiger charge is 2.16. The van der Waals surface area contributed by atoms with E-state index in [1.165, 1.54) is 11.3 Å². The lowest BCUT2D eigenvalue weighted by molar-refractivity contribution is 0.0531. The Morgan fingerprint density at radius 2 is 2.27 bits per heavy atom. The fraction of sp³-hybridized carbons (Fsp3) is 0.455. The minimum atomic E-state index is -0.320. The van der Waals surface area contributed by atoms with Crippen LogP contribution in [0.3, 0.4) is 0 Å². The number of aldehydes is 1. The van der Waals surface area contributed by atoms with Crippen LogP contribution in [0.15, 0.2) is 6.07 Å². The Labute approximate surface area is 93.1 Å². The van der Waals surface area contributed by atoms with Crippen molar-refractivity contribution in [3.8, 4) is 0 Å². The molecule has 1 rings (SSSR count). The summed E-state index contributed by atoms with van der Waals surface area (Å²) in [4.78, 5) is 23.3. The predicted octanol–water partition coefficient (Wildman–Crippen LogP) is 2.69. The number of esters is 1. The molecular formula is C11H14O3S. The molecule has 0 saturated heterocycles. The minimum Gasteiger partial charge on any atom is -0.462 e. The number of hydrogen-bond donors (Lipinski definition) is 0. The molecule has 1 heterocycles. The summed E-state index contributed by atoms with van der Waals surface area (Å²) < 4.78 is 4.93. The molecule has 3 nitrogen and oxygen atoms in total. The SMILES string of the molecule is CCCc1cc(C=O)sc1C(=O)OCC. The Balaban J connectivity index is 2.97. The van der Waals surface area contributed by atoms with Crippen LogP contribution in [0.2, 0.25) is 0 Å². The highest BCUT2D eigenvalue weighted by Crippen LogP contribution is 2.23. The van der Waals surface area contributed by atoms with Gasteiger partial charge in [-0.1, -0.05) is 13.3 Å². The van der Waals surface area contributed by atoms with Gasteiger partial charge in [0.1, 0.15) is 4.88 Å². The Hall–Kier alpha value is -1.16. The van der Waals surface area contributed by atoms with Crippen molar-refractivity contribution in [1.29, 1.82) is 0 Å². The first-order valence-electron chi connectivity index (χ1n) is 4.97. The van der Waals surface area contributed by atoms with E-state index in [0.29, 0.717) is 16.4 Å². The Bertz CT molecular complexity index is 355. The molecule has 4 heteroatoms. The second-order valence-corrected chi connectivity index (χ2v) is 4.18. The van der Waals surface area contributed by atoms with E-state index < -0.39 is 0 Å². The van der Waals surface area contributed by atoms with Crippen LogP contribution in [0.25, 0.3) is 0 Å². The van der Waals surface area contributed by atoms with Gasteiger partial charge in [0.05, 0.1) is 11.5 Å². The molecule has 0 spiro atoms. The van der Waals surface area contributed by atoms with Crippen LogP contribution in [-0.4, -0.2) is 18.9 Å². The monoisotopic (exact) mass is 226 g/mol. The summed E-state index contributed by atoms with van der Waals surface area (Å²) >= 11 is 1.20. The predicted molar refractivity (Wildman–Crippen MR) is 59.7 cm³/mol. The maximum Gasteiger partial charge on any atom is 0.348 e. The fourth-order valence-electron chi connectivity index (χ4n) is 1.33. The van der Waals surface area contributed by atoms with E-state index in [1.807, 2.05) is 6.92 Å². The maximum atomic E-state index is 11.5. The third kappa shape index (κ3) is 2.89. The van der Waals surface area contributed by atoms with Crippen molar-refractivity contribution in [2.24, 2.45) is 0 Å². The van der Waals surface area contributed by atoms with Gasteiger partial charge in [-0.3, -0.25) is 4.79 Å². The van der Waals surface area contributed by atoms with Crippen LogP contribution < -0.4 is 0 Å². The standard InChI is InChI=1S/C11H14O3S/c1-3-5-8-6-9(7-12)15-10(8)11(13)14-4-2/h6-7H,3-5H2,1-2H3. The largest absolute Gasteiger partial charge is 0.462 e. The topological polar surface area (TPSA) is 43.4 Å². The molecular weight excluding hydrogens is 212 g/mol. The lowest BCUT2D eigenvalue weighted by Gasteiger charge is -2.01. The van der Waals surface area contributed by atoms with Gasteiger partial charge in [0.2, 0.25) is 0 Å². The van der Waals surface area contributed by atoms with Gasteiger partial charge in [-0.15, -0.1) is 11.3 Å². The van der Waals surface area contributed by atoms with Gasteiger partial charge >= 0.3 is 5.97 Å². The van der Waals surface area contributed by atoms with E-state index in [9.17, 15) is 9.59 Å². The van der Waals surface area contributed by atoms with E-state index in [0.717, 1.165) is 24.7 Å². The van der Waals surface area contributed by atoms with E-state index in [1.54, 1.807) is 13.0 Å². The summed E-state index contributed by atoms with van der Waals surface area (Å²) in [6.07, 6.45) is 2.52. The van der Waals surface area contributed by atoms with Crippen molar-refractivity contribution >= 4 is 23.6 Å². The Kier molecular flexibility index (Phi) is 4.49. The molecule has 0 aromatic carbocycles. The molecule has 0 bridgehead atoms. The fourth-order valence-corrected chi connectivity index (χ4v) is 2.25. The van der Waals surface area contributed by atoms with Gasteiger partial charge in [-0.2, -0.15) is 0 Å². The van der Waals surface area contributed by atoms with Gasteiger partial charge in [0.25, 0.3) is 0 Å². The molecule has 0 aliphatic carbocycles. The first kappa shape index (κ1) is 11.9. The summed E-state index contributed by atoms with van der Waals surface area (Å²) in [6.45, 7) is 4.16. The van der Waals surface area contributed by atoms with E-state index in [4.69, 9.17) is 4.74 Å². The third-order valence-electron chi connectivity index (χ3n) is 1.92. The third-order valence-corrected chi connectivity index (χ3v) is 3.01. The molecule has 82 valence electrons. The molecule has 0 aliphatic rings. The van der Waals surface area contributed by atoms with Gasteiger partial charge in [0.15, 0.2) is 6.29 Å². The number of aryl methyl sites for hydroxylation is 1. The maximum absolute atomic E-state index is 11.5. The molecule has 0 unspecified atom stereocenters. The van der Waals surface area contributed by atoms with Gasteiger partial charge in [-0.05, 0) is 25.0 Å². The van der Waals surface area contributed by atoms with Crippen molar-refractivity contribution < 1.29 is 14.3 Å². The zero-order valence-corrected chi connectivity index (χ0v) is 9.73. The number of ether oxygens (including phenoxy) is 1. The molecule has 0 fully saturated rings. The number of hydrogen-bond acceptors (Lipinski definition) is 4. The molecule has 0 saturated carbocycles. The summed E-state index contributed by atoms with van der Waals surface area (Å²) in [5.41, 5.74) is 0.919. The van der Waals surface area contributed by atoms with E-state index >= 15 is 0 Å². The molecule has 0 radical (unpaired) electrons. The Morgan fingerprint density at radius 1 is 1.53 bits per heavy atom. The van der Waals surface area contributed by atoms with Gasteiger partial charge in [0, 0.05) is 0 Å². The van der Waals surface area contributed by atoms with Crippen molar-refractivity contribution in [3.05, 3.63) is 21.4 Å². The van der Waals surface area contributed by atoms with Crippen LogP contribution in [0.5, 0.6) is 0 Å². The van der Waals surface area contributed by atoms with Crippen LogP contribution in [0, 0.1) is 0 Å². The molecule has 0 aliphatic heterocycles. The summed E-state index contributed by atoms with van der Waals surface area (Å²) in [5, 5.41) is 0. The van der Waals surface area contributed by atoms with Gasteiger partial charge < -0.3 is 4.74 Å². The van der Waals surface area contributed by atoms with E-state index in [2.05, 4.69) is 0 Å². The summed E-state index contributed by atoms with van der Waals surface area (Å²) in [5.74, 6) is -0.320. The average molecular weight is 226 g/mol. The van der Waals surface area contributed by atoms with Crippen molar-refractivity contribution in [2.75, 3.05) is 6.61 Å². The second kappa shape index (κ2) is 5.66.